The molecular weight excluding hydrogens is 395 g/mol. The second-order valence-electron chi connectivity index (χ2n) is 8.18. The molecule has 164 valence electrons. The molecule has 6 nitrogen and oxygen atoms in total. The second kappa shape index (κ2) is 9.49. The van der Waals surface area contributed by atoms with Gasteiger partial charge in [0.1, 0.15) is 17.2 Å². The van der Waals surface area contributed by atoms with Gasteiger partial charge in [0.15, 0.2) is 0 Å². The number of fused-ring (bicyclic) bond motifs is 1. The molecule has 0 spiro atoms. The molecule has 2 aromatic carbocycles. The number of amides is 2. The van der Waals surface area contributed by atoms with Crippen LogP contribution in [0.25, 0.3) is 11.0 Å². The lowest BCUT2D eigenvalue weighted by atomic mass is 10.1. The Morgan fingerprint density at radius 3 is 2.61 bits per heavy atom. The molecule has 1 aromatic heterocycles. The normalized spacial score (nSPS) is 16.4. The van der Waals surface area contributed by atoms with Crippen LogP contribution in [-0.2, 0) is 6.54 Å². The first-order valence-electron chi connectivity index (χ1n) is 10.7. The number of carbonyl (C=O) groups excluding carboxylic acids is 1. The van der Waals surface area contributed by atoms with Gasteiger partial charge in [-0.1, -0.05) is 30.3 Å². The third kappa shape index (κ3) is 5.24. The highest BCUT2D eigenvalue weighted by Gasteiger charge is 2.21. The van der Waals surface area contributed by atoms with Crippen molar-refractivity contribution in [2.45, 2.75) is 19.5 Å². The molecule has 1 atom stereocenters. The Kier molecular flexibility index (Phi) is 6.53. The molecule has 2 N–H and O–H groups in total. The number of piperazine rings is 1. The highest BCUT2D eigenvalue weighted by atomic mass is 19.1. The van der Waals surface area contributed by atoms with Crippen LogP contribution >= 0.6 is 0 Å². The van der Waals surface area contributed by atoms with Crippen molar-refractivity contribution in [1.82, 2.24) is 20.4 Å². The molecule has 1 saturated heterocycles. The number of halogens is 1. The summed E-state index contributed by atoms with van der Waals surface area (Å²) in [6, 6.07) is 14.1. The number of likely N-dealkylation sites (N-methyl/N-ethyl adjacent to an activating group) is 1. The van der Waals surface area contributed by atoms with Crippen LogP contribution < -0.4 is 10.6 Å². The lowest BCUT2D eigenvalue weighted by molar-refractivity contribution is 0.142. The molecule has 0 saturated carbocycles. The first-order chi connectivity index (χ1) is 15.0. The van der Waals surface area contributed by atoms with Crippen molar-refractivity contribution >= 4 is 17.0 Å². The summed E-state index contributed by atoms with van der Waals surface area (Å²) in [6.45, 7) is 6.90. The number of hydrogen-bond donors (Lipinski definition) is 2. The number of benzene rings is 2. The average molecular weight is 425 g/mol. The minimum absolute atomic E-state index is 0.115. The van der Waals surface area contributed by atoms with Gasteiger partial charge in [0.05, 0.1) is 12.6 Å². The Hall–Kier alpha value is -2.90. The number of furan rings is 1. The Morgan fingerprint density at radius 2 is 1.87 bits per heavy atom. The van der Waals surface area contributed by atoms with Crippen molar-refractivity contribution in [2.24, 2.45) is 0 Å². The van der Waals surface area contributed by atoms with Gasteiger partial charge in [-0.05, 0) is 37.7 Å². The van der Waals surface area contributed by atoms with Crippen LogP contribution in [0, 0.1) is 12.7 Å². The molecule has 0 radical (unpaired) electrons. The number of rotatable bonds is 6. The average Bonchev–Trinajstić information content (AvgIpc) is 3.09. The summed E-state index contributed by atoms with van der Waals surface area (Å²) in [5.41, 5.74) is 2.53. The van der Waals surface area contributed by atoms with Gasteiger partial charge in [0.2, 0.25) is 0 Å². The first-order valence-corrected chi connectivity index (χ1v) is 10.7. The van der Waals surface area contributed by atoms with Gasteiger partial charge in [-0.15, -0.1) is 0 Å². The van der Waals surface area contributed by atoms with Crippen molar-refractivity contribution in [3.8, 4) is 0 Å². The van der Waals surface area contributed by atoms with Crippen LogP contribution in [-0.4, -0.2) is 55.6 Å². The molecular formula is C24H29FN4O2. The lowest BCUT2D eigenvalue weighted by Crippen LogP contribution is -2.48. The molecule has 2 amide bonds. The van der Waals surface area contributed by atoms with E-state index >= 15 is 0 Å². The topological polar surface area (TPSA) is 60.8 Å². The molecule has 31 heavy (non-hydrogen) atoms. The van der Waals surface area contributed by atoms with E-state index in [1.807, 2.05) is 37.3 Å². The van der Waals surface area contributed by atoms with Gasteiger partial charge in [-0.3, -0.25) is 4.90 Å². The molecule has 0 bridgehead atoms. The zero-order chi connectivity index (χ0) is 21.8. The minimum atomic E-state index is -0.303. The summed E-state index contributed by atoms with van der Waals surface area (Å²) >= 11 is 0. The van der Waals surface area contributed by atoms with E-state index in [4.69, 9.17) is 4.42 Å². The van der Waals surface area contributed by atoms with Crippen molar-refractivity contribution < 1.29 is 13.6 Å². The molecule has 7 heteroatoms. The summed E-state index contributed by atoms with van der Waals surface area (Å²) in [5, 5.41) is 6.74. The van der Waals surface area contributed by atoms with Crippen molar-refractivity contribution in [1.29, 1.82) is 0 Å². The maximum absolute atomic E-state index is 13.5. The van der Waals surface area contributed by atoms with Crippen LogP contribution in [0.15, 0.2) is 52.9 Å². The van der Waals surface area contributed by atoms with E-state index in [0.717, 1.165) is 49.2 Å². The van der Waals surface area contributed by atoms with E-state index in [9.17, 15) is 9.18 Å². The fourth-order valence-electron chi connectivity index (χ4n) is 3.99. The zero-order valence-electron chi connectivity index (χ0n) is 18.0. The van der Waals surface area contributed by atoms with E-state index in [1.165, 1.54) is 12.1 Å². The second-order valence-corrected chi connectivity index (χ2v) is 8.18. The Labute approximate surface area is 182 Å². The Morgan fingerprint density at radius 1 is 1.13 bits per heavy atom. The summed E-state index contributed by atoms with van der Waals surface area (Å²) in [7, 11) is 2.13. The summed E-state index contributed by atoms with van der Waals surface area (Å²) in [5.74, 6) is 0.328. The molecule has 1 fully saturated rings. The molecule has 2 heterocycles. The summed E-state index contributed by atoms with van der Waals surface area (Å²) < 4.78 is 19.3. The molecule has 3 aromatic rings. The van der Waals surface area contributed by atoms with Gasteiger partial charge in [0.25, 0.3) is 0 Å². The van der Waals surface area contributed by atoms with E-state index < -0.39 is 0 Å². The number of aryl methyl sites for hydroxylation is 1. The van der Waals surface area contributed by atoms with Gasteiger partial charge >= 0.3 is 6.03 Å². The van der Waals surface area contributed by atoms with Crippen LogP contribution in [0.5, 0.6) is 0 Å². The summed E-state index contributed by atoms with van der Waals surface area (Å²) in [4.78, 5) is 17.4. The highest BCUT2D eigenvalue weighted by Crippen LogP contribution is 2.26. The van der Waals surface area contributed by atoms with Crippen molar-refractivity contribution in [2.75, 3.05) is 39.8 Å². The van der Waals surface area contributed by atoms with E-state index in [2.05, 4.69) is 27.5 Å². The molecule has 1 unspecified atom stereocenters. The van der Waals surface area contributed by atoms with Crippen molar-refractivity contribution in [3.63, 3.8) is 0 Å². The monoisotopic (exact) mass is 424 g/mol. The Balaban J connectivity index is 1.41. The molecule has 0 aliphatic carbocycles. The first kappa shape index (κ1) is 21.3. The van der Waals surface area contributed by atoms with Crippen LogP contribution in [0.3, 0.4) is 0 Å². The largest absolute Gasteiger partial charge is 0.459 e. The molecule has 1 aliphatic rings. The van der Waals surface area contributed by atoms with Gasteiger partial charge in [-0.2, -0.15) is 0 Å². The molecule has 4 rings (SSSR count). The number of hydrogen-bond acceptors (Lipinski definition) is 4. The maximum atomic E-state index is 13.5. The van der Waals surface area contributed by atoms with Crippen LogP contribution in [0.2, 0.25) is 0 Å². The quantitative estimate of drug-likeness (QED) is 0.634. The van der Waals surface area contributed by atoms with Crippen LogP contribution in [0.1, 0.15) is 22.9 Å². The van der Waals surface area contributed by atoms with Crippen LogP contribution in [0.4, 0.5) is 9.18 Å². The number of nitrogens with zero attached hydrogens (tertiary/aromatic N) is 2. The SMILES string of the molecule is Cc1c(CNC(=O)NC(CN2CCN(C)CC2)c2ccccc2)oc2ccc(F)cc12. The summed E-state index contributed by atoms with van der Waals surface area (Å²) in [6.07, 6.45) is 0. The van der Waals surface area contributed by atoms with Crippen molar-refractivity contribution in [3.05, 3.63) is 71.2 Å². The van der Waals surface area contributed by atoms with E-state index in [1.54, 1.807) is 6.07 Å². The number of nitrogens with one attached hydrogen (secondary N) is 2. The van der Waals surface area contributed by atoms with Gasteiger partial charge in [-0.25, -0.2) is 9.18 Å². The third-order valence-electron chi connectivity index (χ3n) is 5.95. The predicted octanol–water partition coefficient (Wildman–Crippen LogP) is 3.67. The molecule has 1 aliphatic heterocycles. The van der Waals surface area contributed by atoms with E-state index in [0.29, 0.717) is 11.3 Å². The van der Waals surface area contributed by atoms with Gasteiger partial charge < -0.3 is 20.0 Å². The fraction of sp³-hybridized carbons (Fsp3) is 0.375. The van der Waals surface area contributed by atoms with Gasteiger partial charge in [0, 0.05) is 43.7 Å². The lowest BCUT2D eigenvalue weighted by Gasteiger charge is -2.35. The standard InChI is InChI=1S/C24H29FN4O2/c1-17-20-14-19(25)8-9-22(20)31-23(17)15-26-24(30)27-21(18-6-4-3-5-7-18)16-29-12-10-28(2)11-13-29/h3-9,14,21H,10-13,15-16H2,1-2H3,(H2,26,27,30). The van der Waals surface area contributed by atoms with E-state index in [-0.39, 0.29) is 24.4 Å². The maximum Gasteiger partial charge on any atom is 0.315 e. The Bertz CT molecular complexity index is 1030. The highest BCUT2D eigenvalue weighted by molar-refractivity contribution is 5.82. The third-order valence-corrected chi connectivity index (χ3v) is 5.95. The fourth-order valence-corrected chi connectivity index (χ4v) is 3.99. The zero-order valence-corrected chi connectivity index (χ0v) is 18.0. The predicted molar refractivity (Wildman–Crippen MR) is 119 cm³/mol. The minimum Gasteiger partial charge on any atom is -0.459 e. The number of carbonyl (C=O) groups is 1. The smallest absolute Gasteiger partial charge is 0.315 e. The number of urea groups is 1.